The van der Waals surface area contributed by atoms with Crippen molar-refractivity contribution in [1.29, 1.82) is 0 Å². The number of tetrazole rings is 1. The van der Waals surface area contributed by atoms with Crippen molar-refractivity contribution in [3.8, 4) is 0 Å². The van der Waals surface area contributed by atoms with E-state index in [1.165, 1.54) is 23.3 Å². The Kier molecular flexibility index (Phi) is 3.68. The predicted octanol–water partition coefficient (Wildman–Crippen LogP) is 1.54. The average molecular weight is 279 g/mol. The van der Waals surface area contributed by atoms with Crippen LogP contribution in [0.2, 0.25) is 0 Å². The lowest BCUT2D eigenvalue weighted by molar-refractivity contribution is 0.256. The van der Waals surface area contributed by atoms with Gasteiger partial charge in [-0.1, -0.05) is 6.07 Å². The second-order valence-electron chi connectivity index (χ2n) is 4.97. The van der Waals surface area contributed by atoms with Gasteiger partial charge in [0.15, 0.2) is 6.33 Å². The molecule has 1 fully saturated rings. The Hall–Kier alpha value is -1.89. The van der Waals surface area contributed by atoms with Crippen molar-refractivity contribution in [1.82, 2.24) is 25.5 Å². The lowest BCUT2D eigenvalue weighted by Crippen LogP contribution is -2.36. The maximum absolute atomic E-state index is 14.1. The smallest absolute Gasteiger partial charge is 0.162 e. The fourth-order valence-corrected chi connectivity index (χ4v) is 2.76. The van der Waals surface area contributed by atoms with Crippen molar-refractivity contribution in [2.45, 2.75) is 18.9 Å². The Morgan fingerprint density at radius 3 is 2.90 bits per heavy atom. The molecule has 0 spiro atoms. The van der Waals surface area contributed by atoms with E-state index in [-0.39, 0.29) is 12.0 Å². The molecule has 0 amide bonds. The van der Waals surface area contributed by atoms with Crippen molar-refractivity contribution in [3.05, 3.63) is 41.7 Å². The van der Waals surface area contributed by atoms with Crippen LogP contribution in [0.5, 0.6) is 0 Å². The molecule has 0 aliphatic carbocycles. The largest absolute Gasteiger partial charge is 0.316 e. The summed E-state index contributed by atoms with van der Waals surface area (Å²) >= 11 is 0. The van der Waals surface area contributed by atoms with Crippen LogP contribution in [-0.4, -0.2) is 33.3 Å². The molecule has 3 rings (SSSR count). The molecule has 1 saturated heterocycles. The van der Waals surface area contributed by atoms with Crippen LogP contribution >= 0.6 is 0 Å². The number of hydrogen-bond donors (Lipinski definition) is 1. The van der Waals surface area contributed by atoms with Crippen LogP contribution in [0.3, 0.4) is 0 Å². The first-order chi connectivity index (χ1) is 9.75. The lowest BCUT2D eigenvalue weighted by Gasteiger charge is -2.30. The van der Waals surface area contributed by atoms with Gasteiger partial charge in [0.05, 0.1) is 0 Å². The summed E-state index contributed by atoms with van der Waals surface area (Å²) in [6.07, 6.45) is 3.28. The first-order valence-corrected chi connectivity index (χ1v) is 6.64. The minimum Gasteiger partial charge on any atom is -0.316 e. The fourth-order valence-electron chi connectivity index (χ4n) is 2.76. The highest BCUT2D eigenvalue weighted by molar-refractivity contribution is 5.23. The standard InChI is InChI=1S/C13H15F2N5/c14-10-3-4-11(12(15)6-10)13(20-18-8-17-19-20)9-2-1-5-16-7-9/h3-4,6,8-9,13,16H,1-2,5,7H2/t9?,13-/m0/s1. The fraction of sp³-hybridized carbons (Fsp3) is 0.462. The van der Waals surface area contributed by atoms with Crippen LogP contribution in [0.25, 0.3) is 0 Å². The molecule has 1 aliphatic heterocycles. The van der Waals surface area contributed by atoms with E-state index in [9.17, 15) is 8.78 Å². The monoisotopic (exact) mass is 279 g/mol. The van der Waals surface area contributed by atoms with E-state index in [1.54, 1.807) is 0 Å². The van der Waals surface area contributed by atoms with Crippen molar-refractivity contribution in [2.24, 2.45) is 5.92 Å². The summed E-state index contributed by atoms with van der Waals surface area (Å²) in [7, 11) is 0. The summed E-state index contributed by atoms with van der Waals surface area (Å²) in [4.78, 5) is 1.41. The van der Waals surface area contributed by atoms with Gasteiger partial charge in [-0.15, -0.1) is 10.2 Å². The molecular weight excluding hydrogens is 264 g/mol. The Labute approximate surface area is 115 Å². The van der Waals surface area contributed by atoms with E-state index < -0.39 is 11.6 Å². The molecule has 20 heavy (non-hydrogen) atoms. The molecule has 1 unspecified atom stereocenters. The third-order valence-corrected chi connectivity index (χ3v) is 3.68. The molecule has 5 nitrogen and oxygen atoms in total. The summed E-state index contributed by atoms with van der Waals surface area (Å²) in [5, 5.41) is 14.9. The van der Waals surface area contributed by atoms with Gasteiger partial charge in [-0.25, -0.2) is 8.78 Å². The zero-order valence-electron chi connectivity index (χ0n) is 10.8. The molecule has 2 aromatic rings. The Morgan fingerprint density at radius 2 is 2.25 bits per heavy atom. The molecule has 1 aromatic carbocycles. The van der Waals surface area contributed by atoms with Gasteiger partial charge in [-0.2, -0.15) is 4.80 Å². The molecular formula is C13H15F2N5. The highest BCUT2D eigenvalue weighted by Crippen LogP contribution is 2.31. The van der Waals surface area contributed by atoms with Crippen LogP contribution in [0.15, 0.2) is 24.5 Å². The van der Waals surface area contributed by atoms with Crippen LogP contribution in [0.1, 0.15) is 24.4 Å². The maximum atomic E-state index is 14.1. The van der Waals surface area contributed by atoms with Gasteiger partial charge in [0, 0.05) is 18.2 Å². The molecule has 0 radical (unpaired) electrons. The molecule has 0 bridgehead atoms. The minimum atomic E-state index is -0.585. The average Bonchev–Trinajstić information content (AvgIpc) is 2.97. The van der Waals surface area contributed by atoms with Crippen molar-refractivity contribution < 1.29 is 8.78 Å². The van der Waals surface area contributed by atoms with Gasteiger partial charge >= 0.3 is 0 Å². The van der Waals surface area contributed by atoms with Gasteiger partial charge in [0.2, 0.25) is 0 Å². The molecule has 1 N–H and O–H groups in total. The highest BCUT2D eigenvalue weighted by atomic mass is 19.1. The van der Waals surface area contributed by atoms with Crippen molar-refractivity contribution in [2.75, 3.05) is 13.1 Å². The van der Waals surface area contributed by atoms with E-state index in [4.69, 9.17) is 0 Å². The van der Waals surface area contributed by atoms with Crippen LogP contribution < -0.4 is 5.32 Å². The van der Waals surface area contributed by atoms with E-state index >= 15 is 0 Å². The quantitative estimate of drug-likeness (QED) is 0.926. The third-order valence-electron chi connectivity index (χ3n) is 3.68. The number of halogens is 2. The van der Waals surface area contributed by atoms with Crippen molar-refractivity contribution in [3.63, 3.8) is 0 Å². The van der Waals surface area contributed by atoms with Crippen LogP contribution in [-0.2, 0) is 0 Å². The number of benzene rings is 1. The Balaban J connectivity index is 2.00. The molecule has 1 aliphatic rings. The predicted molar refractivity (Wildman–Crippen MR) is 67.9 cm³/mol. The summed E-state index contributed by atoms with van der Waals surface area (Å²) < 4.78 is 27.2. The van der Waals surface area contributed by atoms with E-state index in [0.717, 1.165) is 32.0 Å². The third kappa shape index (κ3) is 2.53. The number of nitrogens with zero attached hydrogens (tertiary/aromatic N) is 4. The second-order valence-corrected chi connectivity index (χ2v) is 4.97. The summed E-state index contributed by atoms with van der Waals surface area (Å²) in [5.41, 5.74) is 0.401. The zero-order chi connectivity index (χ0) is 13.9. The Bertz CT molecular complexity index is 566. The number of hydrogen-bond acceptors (Lipinski definition) is 4. The molecule has 2 atom stereocenters. The molecule has 106 valence electrons. The van der Waals surface area contributed by atoms with E-state index in [2.05, 4.69) is 20.7 Å². The first kappa shape index (κ1) is 13.1. The summed E-state index contributed by atoms with van der Waals surface area (Å²) in [5.74, 6) is -1.01. The second kappa shape index (κ2) is 5.62. The normalized spacial score (nSPS) is 20.8. The zero-order valence-corrected chi connectivity index (χ0v) is 10.8. The highest BCUT2D eigenvalue weighted by Gasteiger charge is 2.30. The summed E-state index contributed by atoms with van der Waals surface area (Å²) in [6, 6.07) is 3.26. The van der Waals surface area contributed by atoms with E-state index in [0.29, 0.717) is 5.56 Å². The maximum Gasteiger partial charge on any atom is 0.162 e. The number of rotatable bonds is 3. The topological polar surface area (TPSA) is 55.6 Å². The number of aromatic nitrogens is 4. The van der Waals surface area contributed by atoms with Crippen LogP contribution in [0.4, 0.5) is 8.78 Å². The van der Waals surface area contributed by atoms with Gasteiger partial charge in [-0.3, -0.25) is 0 Å². The minimum absolute atomic E-state index is 0.151. The van der Waals surface area contributed by atoms with Crippen molar-refractivity contribution >= 4 is 0 Å². The van der Waals surface area contributed by atoms with E-state index in [1.807, 2.05) is 0 Å². The number of piperidine rings is 1. The summed E-state index contributed by atoms with van der Waals surface area (Å²) in [6.45, 7) is 1.71. The van der Waals surface area contributed by atoms with Gasteiger partial charge in [0.1, 0.15) is 17.7 Å². The molecule has 2 heterocycles. The molecule has 7 heteroatoms. The molecule has 1 aromatic heterocycles. The Morgan fingerprint density at radius 1 is 1.35 bits per heavy atom. The lowest BCUT2D eigenvalue weighted by atomic mass is 9.87. The van der Waals surface area contributed by atoms with Gasteiger partial charge in [0.25, 0.3) is 0 Å². The van der Waals surface area contributed by atoms with Gasteiger partial charge < -0.3 is 5.32 Å². The SMILES string of the molecule is Fc1ccc([C@H](C2CCCNC2)n2ncnn2)c(F)c1. The number of nitrogens with one attached hydrogen (secondary N) is 1. The first-order valence-electron chi connectivity index (χ1n) is 6.64. The van der Waals surface area contributed by atoms with Crippen LogP contribution in [0, 0.1) is 17.6 Å². The molecule has 0 saturated carbocycles. The van der Waals surface area contributed by atoms with Gasteiger partial charge in [-0.05, 0) is 36.6 Å².